The number of aromatic hydroxyl groups is 3. The summed E-state index contributed by atoms with van der Waals surface area (Å²) in [4.78, 5) is 118. The van der Waals surface area contributed by atoms with E-state index in [-0.39, 0.29) is 212 Å². The van der Waals surface area contributed by atoms with E-state index in [0.29, 0.717) is 50.8 Å². The van der Waals surface area contributed by atoms with Gasteiger partial charge >= 0.3 is 0 Å². The summed E-state index contributed by atoms with van der Waals surface area (Å²) < 4.78 is 92.9. The van der Waals surface area contributed by atoms with Crippen molar-refractivity contribution in [1.82, 2.24) is 58.3 Å². The highest BCUT2D eigenvalue weighted by Gasteiger charge is 2.40. The Kier molecular flexibility index (Phi) is 30.3. The van der Waals surface area contributed by atoms with Crippen molar-refractivity contribution in [3.8, 4) is 86.3 Å². The molecule has 3 saturated heterocycles. The van der Waals surface area contributed by atoms with Crippen molar-refractivity contribution in [3.05, 3.63) is 255 Å². The fourth-order valence-corrected chi connectivity index (χ4v) is 19.7. The number of rotatable bonds is 15. The Bertz CT molecular complexity index is 6790. The molecule has 27 nitrogen and oxygen atoms in total. The number of aryl methyl sites for hydroxylation is 3. The molecule has 0 saturated carbocycles. The lowest BCUT2D eigenvalue weighted by molar-refractivity contribution is -0.129. The van der Waals surface area contributed by atoms with E-state index in [1.54, 1.807) is 87.0 Å². The number of fused-ring (bicyclic) bond motifs is 3. The lowest BCUT2D eigenvalue weighted by Crippen LogP contribution is -2.54. The number of nitrogens with zero attached hydrogens (tertiary/aromatic N) is 18. The average molecular weight is 2060 g/mol. The van der Waals surface area contributed by atoms with Crippen molar-refractivity contribution >= 4 is 172 Å². The zero-order valence-electron chi connectivity index (χ0n) is 75.4. The smallest absolute Gasteiger partial charge is 0.276 e. The maximum Gasteiger partial charge on any atom is 0.276 e. The van der Waals surface area contributed by atoms with Crippen LogP contribution in [0.3, 0.4) is 0 Å². The van der Waals surface area contributed by atoms with Gasteiger partial charge in [-0.15, -0.1) is 0 Å². The Hall–Kier alpha value is -12.7. The first kappa shape index (κ1) is 103. The molecule has 0 bridgehead atoms. The van der Waals surface area contributed by atoms with Gasteiger partial charge in [0.25, 0.3) is 16.7 Å². The van der Waals surface area contributed by atoms with Crippen LogP contribution in [0.4, 0.5) is 43.4 Å². The molecule has 0 radical (unpaired) electrons. The molecule has 0 aliphatic carbocycles. The summed E-state index contributed by atoms with van der Waals surface area (Å²) in [5, 5.41) is 58.4. The quantitative estimate of drug-likeness (QED) is 0.0371. The molecule has 3 N–H and O–H groups in total. The minimum absolute atomic E-state index is 0.0418. The van der Waals surface area contributed by atoms with Crippen molar-refractivity contribution in [3.63, 3.8) is 0 Å². The van der Waals surface area contributed by atoms with Gasteiger partial charge in [-0.2, -0.15) is 15.8 Å². The van der Waals surface area contributed by atoms with Crippen molar-refractivity contribution in [2.45, 2.75) is 119 Å². The van der Waals surface area contributed by atoms with Crippen molar-refractivity contribution in [2.24, 2.45) is 0 Å². The Balaban J connectivity index is 0.000000175. The Morgan fingerprint density at radius 2 is 0.630 bits per heavy atom. The van der Waals surface area contributed by atoms with E-state index < -0.39 is 116 Å². The molecule has 3 amide bonds. The average Bonchev–Trinajstić information content (AvgIpc) is 0.726. The van der Waals surface area contributed by atoms with Gasteiger partial charge in [0.05, 0.1) is 115 Å². The fraction of sp³-hybridized carbons (Fsp3) is 0.281. The predicted molar refractivity (Wildman–Crippen MR) is 523 cm³/mol. The van der Waals surface area contributed by atoms with E-state index in [2.05, 4.69) is 67.8 Å². The van der Waals surface area contributed by atoms with Crippen LogP contribution in [0.2, 0.25) is 45.2 Å². The second-order valence-corrected chi connectivity index (χ2v) is 37.1. The van der Waals surface area contributed by atoms with Crippen molar-refractivity contribution < 1.29 is 56.0 Å². The van der Waals surface area contributed by atoms with Crippen LogP contribution in [0, 0.1) is 89.7 Å². The first-order valence-corrected chi connectivity index (χ1v) is 45.8. The zero-order chi connectivity index (χ0) is 101. The predicted octanol–water partition coefficient (Wildman–Crippen LogP) is 20.8. The molecule has 3 aliphatic heterocycles. The highest BCUT2D eigenvalue weighted by atomic mass is 35.5. The van der Waals surface area contributed by atoms with E-state index in [1.165, 1.54) is 50.1 Å². The topological polar surface area (TPSA) is 346 Å². The number of hydrogen-bond donors (Lipinski definition) is 3. The largest absolute Gasteiger partial charge is 0.504 e. The third-order valence-electron chi connectivity index (χ3n) is 24.0. The molecule has 12 aromatic rings. The summed E-state index contributed by atoms with van der Waals surface area (Å²) in [7, 11) is 0. The minimum atomic E-state index is -1.47. The number of benzene rings is 3. The maximum absolute atomic E-state index is 14.9. The molecule has 3 fully saturated rings. The van der Waals surface area contributed by atoms with E-state index in [9.17, 15) is 86.2 Å². The first-order chi connectivity index (χ1) is 65.2. The van der Waals surface area contributed by atoms with Crippen LogP contribution in [0.1, 0.15) is 131 Å². The number of carbonyl (C=O) groups excluding carboxylic acids is 3. The number of phenols is 3. The van der Waals surface area contributed by atoms with E-state index in [1.807, 2.05) is 62.3 Å². The number of nitriles is 3. The molecule has 3 aliphatic rings. The van der Waals surface area contributed by atoms with Gasteiger partial charge in [-0.3, -0.25) is 57.4 Å². The molecule has 3 atom stereocenters. The van der Waals surface area contributed by atoms with E-state index in [0.717, 1.165) is 0 Å². The summed E-state index contributed by atoms with van der Waals surface area (Å²) in [6.45, 7) is 35.1. The number of piperazine rings is 3. The molecule has 714 valence electrons. The Morgan fingerprint density at radius 3 is 0.833 bits per heavy atom. The van der Waals surface area contributed by atoms with Gasteiger partial charge in [-0.25, -0.2) is 41.3 Å². The number of pyridine rings is 9. The molecule has 138 heavy (non-hydrogen) atoms. The number of carbonyl (C=O) groups is 3. The summed E-state index contributed by atoms with van der Waals surface area (Å²) in [5.41, 5.74) is -0.510. The van der Waals surface area contributed by atoms with Gasteiger partial charge in [0, 0.05) is 112 Å². The van der Waals surface area contributed by atoms with Gasteiger partial charge in [-0.05, 0) is 131 Å². The summed E-state index contributed by atoms with van der Waals surface area (Å²) in [6.07, 6.45) is 8.46. The molecule has 0 unspecified atom stereocenters. The van der Waals surface area contributed by atoms with Crippen molar-refractivity contribution in [1.29, 1.82) is 15.8 Å². The van der Waals surface area contributed by atoms with Crippen LogP contribution in [-0.2, 0) is 14.4 Å². The number of aromatic nitrogens is 9. The molecule has 42 heteroatoms. The van der Waals surface area contributed by atoms with Crippen LogP contribution < -0.4 is 31.4 Å². The normalized spacial score (nSPS) is 15.0. The minimum Gasteiger partial charge on any atom is -0.504 e. The van der Waals surface area contributed by atoms with Crippen molar-refractivity contribution in [2.75, 3.05) is 73.6 Å². The standard InChI is InChI=1S/3C32H27Cl3F2N6O3/c3*1-6-20(44)42-10-9-41(13-16(42)5)29-17-11-19(33)27(21-22(34)24(36)23(35)25(37)30(21)45)40-31(17)43(32(46)18(29)12-38)28-15(4)7-8-39-26(28)14(2)3/h3*6-8,11,14,16,45H,1,9-10,13H2,2-5H3/t3*16-/m111/s1. The summed E-state index contributed by atoms with van der Waals surface area (Å²) in [6, 6.07) is 14.5. The van der Waals surface area contributed by atoms with E-state index >= 15 is 0 Å². The SMILES string of the molecule is C=CC(=O)N1CCN(c2c(C#N)c(=O)n(-c3c(C)ccnc3C(C)C)c3nc(-c4c(O)c(F)c(Cl)c(F)c4Cl)c(Cl)cc23)C[C@H]1C.C=CC(=O)N1CCN(c2c(C#N)c(=O)n(-c3c(C)ccnc3C(C)C)c3nc(-c4c(O)c(F)c(Cl)c(F)c4Cl)c(Cl)cc23)C[C@H]1C.C=CC(=O)N1CCN(c2c(C#N)c(=O)n(-c3c(C)ccnc3C(C)C)c3nc(-c4c(O)c(F)c(Cl)c(F)c4Cl)c(Cl)cc23)C[C@H]1C. The molecule has 15 rings (SSSR count). The monoisotopic (exact) mass is 2060 g/mol. The second kappa shape index (κ2) is 40.8. The highest BCUT2D eigenvalue weighted by molar-refractivity contribution is 6.41. The van der Waals surface area contributed by atoms with Crippen LogP contribution in [0.25, 0.3) is 83.9 Å². The van der Waals surface area contributed by atoms with Crippen LogP contribution in [0.5, 0.6) is 17.2 Å². The van der Waals surface area contributed by atoms with E-state index in [4.69, 9.17) is 104 Å². The highest BCUT2D eigenvalue weighted by Crippen LogP contribution is 2.52. The number of halogens is 15. The first-order valence-electron chi connectivity index (χ1n) is 42.4. The number of hydrogen-bond acceptors (Lipinski definition) is 21. The van der Waals surface area contributed by atoms with Gasteiger partial charge in [0.2, 0.25) is 17.7 Å². The fourth-order valence-electron chi connectivity index (χ4n) is 17.4. The second-order valence-electron chi connectivity index (χ2n) is 33.6. The van der Waals surface area contributed by atoms with Gasteiger partial charge in [-0.1, -0.05) is 166 Å². The third kappa shape index (κ3) is 18.0. The number of phenolic OH excluding ortho intramolecular Hbond substituents is 3. The maximum atomic E-state index is 14.9. The van der Waals surface area contributed by atoms with Crippen LogP contribution >= 0.6 is 104 Å². The molecule has 0 spiro atoms. The zero-order valence-corrected chi connectivity index (χ0v) is 82.2. The van der Waals surface area contributed by atoms with Gasteiger partial charge < -0.3 is 44.7 Å². The van der Waals surface area contributed by atoms with Crippen LogP contribution in [-0.4, -0.2) is 168 Å². The lowest BCUT2D eigenvalue weighted by atomic mass is 10.0. The third-order valence-corrected chi connectivity index (χ3v) is 26.9. The Morgan fingerprint density at radius 1 is 0.399 bits per heavy atom. The molecule has 12 heterocycles. The Labute approximate surface area is 830 Å². The summed E-state index contributed by atoms with van der Waals surface area (Å²) in [5.74, 6) is -13.0. The van der Waals surface area contributed by atoms with Gasteiger partial charge in [0.15, 0.2) is 52.2 Å². The molecule has 9 aromatic heterocycles. The number of amides is 3. The molecular formula is C96H81Cl9F6N18O9. The van der Waals surface area contributed by atoms with Crippen LogP contribution in [0.15, 0.2) is 107 Å². The lowest BCUT2D eigenvalue weighted by Gasteiger charge is -2.41. The molecular weight excluding hydrogens is 1980 g/mol. The molecule has 3 aromatic carbocycles. The number of anilines is 3. The van der Waals surface area contributed by atoms with Gasteiger partial charge in [0.1, 0.15) is 66.9 Å². The summed E-state index contributed by atoms with van der Waals surface area (Å²) >= 11 is 55.9.